The number of ether oxygens (including phenoxy) is 1. The summed E-state index contributed by atoms with van der Waals surface area (Å²) in [5, 5.41) is 3.36. The number of urea groups is 1. The highest BCUT2D eigenvalue weighted by Gasteiger charge is 2.40. The summed E-state index contributed by atoms with van der Waals surface area (Å²) in [6.07, 6.45) is 6.96. The van der Waals surface area contributed by atoms with E-state index in [4.69, 9.17) is 4.74 Å². The summed E-state index contributed by atoms with van der Waals surface area (Å²) >= 11 is 0. The second kappa shape index (κ2) is 10.2. The summed E-state index contributed by atoms with van der Waals surface area (Å²) < 4.78 is 7.49. The van der Waals surface area contributed by atoms with E-state index in [1.807, 2.05) is 30.0 Å². The number of benzene rings is 2. The van der Waals surface area contributed by atoms with Gasteiger partial charge < -0.3 is 19.5 Å². The normalized spacial score (nSPS) is 18.5. The van der Waals surface area contributed by atoms with Crippen molar-refractivity contribution in [1.29, 1.82) is 0 Å². The molecule has 2 heterocycles. The minimum atomic E-state index is -0.577. The molecule has 0 saturated heterocycles. The Balaban J connectivity index is 1.56. The van der Waals surface area contributed by atoms with Crippen LogP contribution in [0.3, 0.4) is 0 Å². The predicted octanol–water partition coefficient (Wildman–Crippen LogP) is 6.06. The summed E-state index contributed by atoms with van der Waals surface area (Å²) in [6, 6.07) is 20.4. The topological polar surface area (TPSA) is 63.6 Å². The van der Waals surface area contributed by atoms with Crippen molar-refractivity contribution in [2.24, 2.45) is 0 Å². The van der Waals surface area contributed by atoms with Gasteiger partial charge in [0.25, 0.3) is 0 Å². The summed E-state index contributed by atoms with van der Waals surface area (Å²) in [4.78, 5) is 28.7. The molecule has 6 nitrogen and oxygen atoms in total. The zero-order chi connectivity index (χ0) is 25.1. The van der Waals surface area contributed by atoms with Gasteiger partial charge in [-0.05, 0) is 56.0 Å². The lowest BCUT2D eigenvalue weighted by atomic mass is 9.79. The zero-order valence-corrected chi connectivity index (χ0v) is 21.2. The minimum Gasteiger partial charge on any atom is -0.466 e. The van der Waals surface area contributed by atoms with Gasteiger partial charge in [-0.1, -0.05) is 67.3 Å². The second-order valence-corrected chi connectivity index (χ2v) is 10.1. The van der Waals surface area contributed by atoms with Crippen LogP contribution in [0.4, 0.5) is 4.79 Å². The molecule has 1 aliphatic heterocycles. The first-order chi connectivity index (χ1) is 17.5. The van der Waals surface area contributed by atoms with Gasteiger partial charge in [0, 0.05) is 11.9 Å². The average Bonchev–Trinajstić information content (AvgIpc) is 3.28. The predicted molar refractivity (Wildman–Crippen MR) is 140 cm³/mol. The Morgan fingerprint density at radius 3 is 2.61 bits per heavy atom. The van der Waals surface area contributed by atoms with Gasteiger partial charge in [-0.3, -0.25) is 4.79 Å². The van der Waals surface area contributed by atoms with E-state index in [2.05, 4.69) is 65.5 Å². The average molecular weight is 486 g/mol. The fourth-order valence-electron chi connectivity index (χ4n) is 5.89. The molecule has 2 aliphatic rings. The Hall–Kier alpha value is -3.54. The lowest BCUT2D eigenvalue weighted by Crippen LogP contribution is -2.55. The number of carbonyl (C=O) groups is 2. The van der Waals surface area contributed by atoms with Crippen LogP contribution in [0.1, 0.15) is 73.9 Å². The van der Waals surface area contributed by atoms with Gasteiger partial charge in [0.15, 0.2) is 0 Å². The van der Waals surface area contributed by atoms with Gasteiger partial charge in [0.2, 0.25) is 0 Å². The lowest BCUT2D eigenvalue weighted by molar-refractivity contribution is -0.145. The van der Waals surface area contributed by atoms with Crippen molar-refractivity contribution in [3.05, 3.63) is 89.2 Å². The maximum atomic E-state index is 14.2. The number of aromatic nitrogens is 1. The maximum Gasteiger partial charge on any atom is 0.318 e. The van der Waals surface area contributed by atoms with E-state index >= 15 is 0 Å². The third-order valence-corrected chi connectivity index (χ3v) is 7.55. The Kier molecular flexibility index (Phi) is 6.86. The van der Waals surface area contributed by atoms with E-state index in [-0.39, 0.29) is 24.5 Å². The smallest absolute Gasteiger partial charge is 0.318 e. The van der Waals surface area contributed by atoms with Crippen LogP contribution in [0.25, 0.3) is 5.69 Å². The molecular formula is C30H35N3O3. The van der Waals surface area contributed by atoms with Crippen LogP contribution in [-0.2, 0) is 16.1 Å². The van der Waals surface area contributed by atoms with Crippen molar-refractivity contribution in [1.82, 2.24) is 14.8 Å². The first-order valence-electron chi connectivity index (χ1n) is 13.1. The van der Waals surface area contributed by atoms with E-state index in [9.17, 15) is 9.59 Å². The SMILES string of the molecule is CCOC(=O)CC1(NC(=O)N2Cc3ccccc3-n3cccc3C2c2cccc(C)c2)CCCCC1. The monoisotopic (exact) mass is 485 g/mol. The van der Waals surface area contributed by atoms with E-state index in [1.54, 1.807) is 0 Å². The van der Waals surface area contributed by atoms with Gasteiger partial charge in [0.1, 0.15) is 0 Å². The van der Waals surface area contributed by atoms with Gasteiger partial charge in [0.05, 0.1) is 36.8 Å². The summed E-state index contributed by atoms with van der Waals surface area (Å²) in [7, 11) is 0. The number of carbonyl (C=O) groups excluding carboxylic acids is 2. The Labute approximate surface area is 213 Å². The summed E-state index contributed by atoms with van der Waals surface area (Å²) in [6.45, 7) is 4.71. The number of hydrogen-bond acceptors (Lipinski definition) is 3. The number of rotatable bonds is 5. The summed E-state index contributed by atoms with van der Waals surface area (Å²) in [5.41, 5.74) is 4.86. The van der Waals surface area contributed by atoms with E-state index in [0.717, 1.165) is 60.2 Å². The quantitative estimate of drug-likeness (QED) is 0.447. The number of para-hydroxylation sites is 1. The number of fused-ring (bicyclic) bond motifs is 3. The standard InChI is InChI=1S/C30H35N3O3/c1-3-36-27(34)20-30(16-7-4-8-17-30)31-29(35)33-21-24-12-5-6-14-25(24)32-18-10-15-26(32)28(33)23-13-9-11-22(2)19-23/h5-6,9-15,18-19,28H,3-4,7-8,16-17,20-21H2,1-2H3,(H,31,35). The van der Waals surface area contributed by atoms with E-state index in [0.29, 0.717) is 13.2 Å². The van der Waals surface area contributed by atoms with Crippen LogP contribution in [0.15, 0.2) is 66.9 Å². The van der Waals surface area contributed by atoms with Crippen LogP contribution < -0.4 is 5.32 Å². The number of hydrogen-bond donors (Lipinski definition) is 1. The van der Waals surface area contributed by atoms with E-state index < -0.39 is 5.54 Å². The minimum absolute atomic E-state index is 0.142. The van der Waals surface area contributed by atoms with Gasteiger partial charge in [-0.2, -0.15) is 0 Å². The molecule has 3 aromatic rings. The molecule has 36 heavy (non-hydrogen) atoms. The van der Waals surface area contributed by atoms with Gasteiger partial charge >= 0.3 is 12.0 Å². The van der Waals surface area contributed by atoms with Gasteiger partial charge in [-0.25, -0.2) is 4.79 Å². The van der Waals surface area contributed by atoms with Crippen molar-refractivity contribution < 1.29 is 14.3 Å². The Morgan fingerprint density at radius 1 is 1.03 bits per heavy atom. The van der Waals surface area contributed by atoms with Gasteiger partial charge in [-0.15, -0.1) is 0 Å². The molecule has 0 spiro atoms. The third kappa shape index (κ3) is 4.77. The number of nitrogens with one attached hydrogen (secondary N) is 1. The second-order valence-electron chi connectivity index (χ2n) is 10.1. The molecule has 2 amide bonds. The van der Waals surface area contributed by atoms with Crippen LogP contribution in [0, 0.1) is 6.92 Å². The highest BCUT2D eigenvalue weighted by molar-refractivity contribution is 5.79. The Bertz CT molecular complexity index is 1240. The number of esters is 1. The highest BCUT2D eigenvalue weighted by atomic mass is 16.5. The molecular weight excluding hydrogens is 450 g/mol. The number of amides is 2. The molecule has 1 aliphatic carbocycles. The molecule has 2 aromatic carbocycles. The molecule has 0 radical (unpaired) electrons. The van der Waals surface area contributed by atoms with Crippen molar-refractivity contribution in [3.63, 3.8) is 0 Å². The molecule has 6 heteroatoms. The fourth-order valence-corrected chi connectivity index (χ4v) is 5.89. The molecule has 1 N–H and O–H groups in total. The summed E-state index contributed by atoms with van der Waals surface area (Å²) in [5.74, 6) is -0.245. The zero-order valence-electron chi connectivity index (χ0n) is 21.2. The van der Waals surface area contributed by atoms with Crippen LogP contribution in [0.2, 0.25) is 0 Å². The molecule has 1 fully saturated rings. The maximum absolute atomic E-state index is 14.2. The molecule has 1 saturated carbocycles. The first-order valence-corrected chi connectivity index (χ1v) is 13.1. The molecule has 0 bridgehead atoms. The van der Waals surface area contributed by atoms with Crippen LogP contribution >= 0.6 is 0 Å². The molecule has 1 atom stereocenters. The largest absolute Gasteiger partial charge is 0.466 e. The highest BCUT2D eigenvalue weighted by Crippen LogP contribution is 2.38. The van der Waals surface area contributed by atoms with E-state index in [1.165, 1.54) is 0 Å². The molecule has 5 rings (SSSR count). The van der Waals surface area contributed by atoms with Crippen molar-refractivity contribution in [2.45, 2.75) is 70.5 Å². The third-order valence-electron chi connectivity index (χ3n) is 7.55. The number of nitrogens with zero attached hydrogens (tertiary/aromatic N) is 2. The Morgan fingerprint density at radius 2 is 1.83 bits per heavy atom. The number of aryl methyl sites for hydroxylation is 1. The fraction of sp³-hybridized carbons (Fsp3) is 0.400. The van der Waals surface area contributed by atoms with Crippen LogP contribution in [0.5, 0.6) is 0 Å². The molecule has 188 valence electrons. The van der Waals surface area contributed by atoms with Crippen molar-refractivity contribution in [3.8, 4) is 5.69 Å². The van der Waals surface area contributed by atoms with Crippen molar-refractivity contribution >= 4 is 12.0 Å². The lowest BCUT2D eigenvalue weighted by Gasteiger charge is -2.40. The van der Waals surface area contributed by atoms with Crippen LogP contribution in [-0.4, -0.2) is 33.6 Å². The first kappa shape index (κ1) is 24.2. The van der Waals surface area contributed by atoms with Crippen molar-refractivity contribution in [2.75, 3.05) is 6.61 Å². The molecule has 1 aromatic heterocycles. The molecule has 1 unspecified atom stereocenters.